The Kier molecular flexibility index (Phi) is 5.15. The third kappa shape index (κ3) is 4.47. The lowest BCUT2D eigenvalue weighted by Crippen LogP contribution is -2.11. The van der Waals surface area contributed by atoms with E-state index in [2.05, 4.69) is 34.0 Å². The van der Waals surface area contributed by atoms with Gasteiger partial charge in [-0.25, -0.2) is 0 Å². The second-order valence-corrected chi connectivity index (χ2v) is 4.01. The number of nitrogens with one attached hydrogen (secondary N) is 1. The molecule has 0 spiro atoms. The number of benzene rings is 1. The van der Waals surface area contributed by atoms with Gasteiger partial charge in [-0.05, 0) is 60.8 Å². The summed E-state index contributed by atoms with van der Waals surface area (Å²) in [6.45, 7) is 1.78. The highest BCUT2D eigenvalue weighted by Crippen LogP contribution is 2.14. The van der Waals surface area contributed by atoms with Crippen molar-refractivity contribution in [1.29, 1.82) is 0 Å². The Balaban J connectivity index is 2.28. The summed E-state index contributed by atoms with van der Waals surface area (Å²) in [6, 6.07) is 8.09. The Bertz CT molecular complexity index is 252. The summed E-state index contributed by atoms with van der Waals surface area (Å²) < 4.78 is 6.76. The van der Waals surface area contributed by atoms with Crippen molar-refractivity contribution in [3.63, 3.8) is 0 Å². The zero-order valence-electron chi connectivity index (χ0n) is 7.72. The highest BCUT2D eigenvalue weighted by Gasteiger charge is 1.93. The van der Waals surface area contributed by atoms with Gasteiger partial charge in [-0.2, -0.15) is 0 Å². The molecule has 0 heterocycles. The fourth-order valence-electron chi connectivity index (χ4n) is 0.996. The van der Waals surface area contributed by atoms with Gasteiger partial charge in [0.05, 0.1) is 6.61 Å². The first-order valence-electron chi connectivity index (χ1n) is 4.36. The molecule has 0 aliphatic carbocycles. The molecule has 0 aromatic heterocycles. The zero-order valence-corrected chi connectivity index (χ0v) is 9.87. The van der Waals surface area contributed by atoms with Crippen LogP contribution in [0.3, 0.4) is 0 Å². The lowest BCUT2D eigenvalue weighted by atomic mass is 10.3. The van der Waals surface area contributed by atoms with Crippen LogP contribution in [0.1, 0.15) is 6.42 Å². The standard InChI is InChI=1S/C10H14INO/c1-12-6-3-7-13-10-5-2-4-9(11)8-10/h2,4-5,8,12H,3,6-7H2,1H3. The smallest absolute Gasteiger partial charge is 0.120 e. The molecule has 1 N–H and O–H groups in total. The van der Waals surface area contributed by atoms with E-state index in [1.165, 1.54) is 3.57 Å². The molecular weight excluding hydrogens is 277 g/mol. The van der Waals surface area contributed by atoms with Crippen LogP contribution < -0.4 is 10.1 Å². The van der Waals surface area contributed by atoms with Crippen LogP contribution in [0.2, 0.25) is 0 Å². The number of rotatable bonds is 5. The van der Waals surface area contributed by atoms with Crippen LogP contribution in [0.5, 0.6) is 5.75 Å². The quantitative estimate of drug-likeness (QED) is 0.664. The largest absolute Gasteiger partial charge is 0.494 e. The first-order chi connectivity index (χ1) is 6.33. The number of hydrogen-bond acceptors (Lipinski definition) is 2. The number of ether oxygens (including phenoxy) is 1. The molecule has 0 radical (unpaired) electrons. The Morgan fingerprint density at radius 2 is 2.31 bits per heavy atom. The molecule has 0 bridgehead atoms. The Labute approximate surface area is 92.8 Å². The molecule has 13 heavy (non-hydrogen) atoms. The van der Waals surface area contributed by atoms with Crippen LogP contribution >= 0.6 is 22.6 Å². The average molecular weight is 291 g/mol. The first-order valence-corrected chi connectivity index (χ1v) is 5.44. The predicted octanol–water partition coefficient (Wildman–Crippen LogP) is 2.28. The van der Waals surface area contributed by atoms with Crippen molar-refractivity contribution in [2.75, 3.05) is 20.2 Å². The fourth-order valence-corrected chi connectivity index (χ4v) is 1.51. The summed E-state index contributed by atoms with van der Waals surface area (Å²) in [7, 11) is 1.95. The monoisotopic (exact) mass is 291 g/mol. The summed E-state index contributed by atoms with van der Waals surface area (Å²) in [5.41, 5.74) is 0. The summed E-state index contributed by atoms with van der Waals surface area (Å²) in [4.78, 5) is 0. The van der Waals surface area contributed by atoms with Crippen molar-refractivity contribution in [2.24, 2.45) is 0 Å². The molecule has 0 fully saturated rings. The SMILES string of the molecule is CNCCCOc1cccc(I)c1. The molecule has 0 unspecified atom stereocenters. The molecule has 0 atom stereocenters. The van der Waals surface area contributed by atoms with Gasteiger partial charge in [-0.3, -0.25) is 0 Å². The highest BCUT2D eigenvalue weighted by molar-refractivity contribution is 14.1. The van der Waals surface area contributed by atoms with Gasteiger partial charge in [0.2, 0.25) is 0 Å². The second-order valence-electron chi connectivity index (χ2n) is 2.76. The van der Waals surface area contributed by atoms with Crippen molar-refractivity contribution in [3.05, 3.63) is 27.8 Å². The van der Waals surface area contributed by atoms with E-state index in [9.17, 15) is 0 Å². The molecule has 2 nitrogen and oxygen atoms in total. The van der Waals surface area contributed by atoms with Gasteiger partial charge in [0.15, 0.2) is 0 Å². The molecule has 0 aliphatic rings. The maximum absolute atomic E-state index is 5.54. The van der Waals surface area contributed by atoms with Crippen molar-refractivity contribution < 1.29 is 4.74 Å². The maximum atomic E-state index is 5.54. The van der Waals surface area contributed by atoms with E-state index < -0.39 is 0 Å². The molecular formula is C10H14INO. The van der Waals surface area contributed by atoms with Crippen molar-refractivity contribution in [1.82, 2.24) is 5.32 Å². The molecule has 0 amide bonds. The number of hydrogen-bond donors (Lipinski definition) is 1. The molecule has 0 saturated heterocycles. The van der Waals surface area contributed by atoms with Crippen molar-refractivity contribution in [2.45, 2.75) is 6.42 Å². The molecule has 1 aromatic rings. The normalized spacial score (nSPS) is 10.0. The minimum atomic E-state index is 0.779. The van der Waals surface area contributed by atoms with Crippen LogP contribution in [0.15, 0.2) is 24.3 Å². The van der Waals surface area contributed by atoms with Crippen molar-refractivity contribution >= 4 is 22.6 Å². The van der Waals surface area contributed by atoms with Crippen LogP contribution in [-0.2, 0) is 0 Å². The van der Waals surface area contributed by atoms with Crippen molar-refractivity contribution in [3.8, 4) is 5.75 Å². The summed E-state index contributed by atoms with van der Waals surface area (Å²) in [5, 5.41) is 3.08. The van der Waals surface area contributed by atoms with Crippen LogP contribution in [0.4, 0.5) is 0 Å². The van der Waals surface area contributed by atoms with E-state index in [0.717, 1.165) is 25.3 Å². The van der Waals surface area contributed by atoms with E-state index in [1.54, 1.807) is 0 Å². The van der Waals surface area contributed by atoms with Gasteiger partial charge in [-0.1, -0.05) is 6.07 Å². The van der Waals surface area contributed by atoms with Gasteiger partial charge in [0.25, 0.3) is 0 Å². The summed E-state index contributed by atoms with van der Waals surface area (Å²) in [6.07, 6.45) is 1.04. The Hall–Kier alpha value is -0.290. The van der Waals surface area contributed by atoms with E-state index in [4.69, 9.17) is 4.74 Å². The molecule has 1 aromatic carbocycles. The lowest BCUT2D eigenvalue weighted by molar-refractivity contribution is 0.309. The van der Waals surface area contributed by atoms with E-state index in [-0.39, 0.29) is 0 Å². The number of halogens is 1. The Morgan fingerprint density at radius 1 is 1.46 bits per heavy atom. The summed E-state index contributed by atoms with van der Waals surface area (Å²) in [5.74, 6) is 0.961. The fraction of sp³-hybridized carbons (Fsp3) is 0.400. The molecule has 1 rings (SSSR count). The molecule has 0 saturated carbocycles. The second kappa shape index (κ2) is 6.21. The van der Waals surface area contributed by atoms with Crippen LogP contribution in [0.25, 0.3) is 0 Å². The molecule has 0 aliphatic heterocycles. The first kappa shape index (κ1) is 10.8. The van der Waals surface area contributed by atoms with Gasteiger partial charge in [0, 0.05) is 3.57 Å². The molecule has 3 heteroatoms. The minimum absolute atomic E-state index is 0.779. The Morgan fingerprint density at radius 3 is 3.00 bits per heavy atom. The minimum Gasteiger partial charge on any atom is -0.494 e. The zero-order chi connectivity index (χ0) is 9.52. The van der Waals surface area contributed by atoms with Crippen LogP contribution in [0, 0.1) is 3.57 Å². The maximum Gasteiger partial charge on any atom is 0.120 e. The third-order valence-corrected chi connectivity index (χ3v) is 2.31. The third-order valence-electron chi connectivity index (χ3n) is 1.64. The van der Waals surface area contributed by atoms with Gasteiger partial charge < -0.3 is 10.1 Å². The molecule has 72 valence electrons. The topological polar surface area (TPSA) is 21.3 Å². The average Bonchev–Trinajstić information content (AvgIpc) is 2.13. The summed E-state index contributed by atoms with van der Waals surface area (Å²) >= 11 is 2.28. The van der Waals surface area contributed by atoms with Gasteiger partial charge >= 0.3 is 0 Å². The van der Waals surface area contributed by atoms with Gasteiger partial charge in [0.1, 0.15) is 5.75 Å². The van der Waals surface area contributed by atoms with Crippen LogP contribution in [-0.4, -0.2) is 20.2 Å². The highest BCUT2D eigenvalue weighted by atomic mass is 127. The van der Waals surface area contributed by atoms with E-state index in [1.807, 2.05) is 25.2 Å². The predicted molar refractivity (Wildman–Crippen MR) is 63.2 cm³/mol. The van der Waals surface area contributed by atoms with E-state index in [0.29, 0.717) is 0 Å². The van der Waals surface area contributed by atoms with Gasteiger partial charge in [-0.15, -0.1) is 0 Å². The lowest BCUT2D eigenvalue weighted by Gasteiger charge is -2.05. The van der Waals surface area contributed by atoms with E-state index >= 15 is 0 Å².